The van der Waals surface area contributed by atoms with Crippen LogP contribution in [0.5, 0.6) is 0 Å². The van der Waals surface area contributed by atoms with Crippen LogP contribution in [0.25, 0.3) is 10.9 Å². The third-order valence-electron chi connectivity index (χ3n) is 2.88. The van der Waals surface area contributed by atoms with Crippen molar-refractivity contribution in [2.24, 2.45) is 7.05 Å². The molecule has 0 aliphatic heterocycles. The molecule has 1 heterocycles. The van der Waals surface area contributed by atoms with Crippen molar-refractivity contribution in [2.75, 3.05) is 5.75 Å². The van der Waals surface area contributed by atoms with E-state index in [1.807, 2.05) is 0 Å². The molecule has 0 spiro atoms. The molecule has 0 amide bonds. The number of aromatic nitrogens is 1. The lowest BCUT2D eigenvalue weighted by Crippen LogP contribution is -2.19. The Morgan fingerprint density at radius 2 is 2.00 bits per heavy atom. The number of nitrogens with zero attached hydrogens (tertiary/aromatic N) is 1. The van der Waals surface area contributed by atoms with E-state index in [1.165, 1.54) is 25.2 Å². The third kappa shape index (κ3) is 3.21. The van der Waals surface area contributed by atoms with Gasteiger partial charge in [-0.1, -0.05) is 0 Å². The number of hydrogen-bond acceptors (Lipinski definition) is 3. The van der Waals surface area contributed by atoms with Crippen LogP contribution in [0.4, 0.5) is 13.2 Å². The molecule has 0 atom stereocenters. The van der Waals surface area contributed by atoms with Gasteiger partial charge in [-0.15, -0.1) is 11.8 Å². The fourth-order valence-corrected chi connectivity index (χ4v) is 2.58. The fraction of sp³-hybridized carbons (Fsp3) is 0.231. The highest BCUT2D eigenvalue weighted by atomic mass is 32.2. The number of carboxylic acid groups (broad SMARTS) is 1. The van der Waals surface area contributed by atoms with Crippen molar-refractivity contribution < 1.29 is 23.1 Å². The summed E-state index contributed by atoms with van der Waals surface area (Å²) in [5.41, 5.74) is -1.64. The number of fused-ring (bicyclic) bond motifs is 1. The summed E-state index contributed by atoms with van der Waals surface area (Å²) in [5, 5.41) is 8.77. The van der Waals surface area contributed by atoms with Crippen LogP contribution in [0.15, 0.2) is 34.0 Å². The summed E-state index contributed by atoms with van der Waals surface area (Å²) >= 11 is 0.975. The minimum Gasteiger partial charge on any atom is -0.481 e. The molecule has 21 heavy (non-hydrogen) atoms. The summed E-state index contributed by atoms with van der Waals surface area (Å²) in [6, 6.07) is 4.87. The Balaban J connectivity index is 2.62. The first-order chi connectivity index (χ1) is 9.70. The van der Waals surface area contributed by atoms with Gasteiger partial charge in [0.1, 0.15) is 5.69 Å². The van der Waals surface area contributed by atoms with Crippen molar-refractivity contribution in [2.45, 2.75) is 11.1 Å². The van der Waals surface area contributed by atoms with Crippen LogP contribution < -0.4 is 5.43 Å². The molecule has 1 aromatic carbocycles. The van der Waals surface area contributed by atoms with E-state index in [0.717, 1.165) is 16.3 Å². The highest BCUT2D eigenvalue weighted by Gasteiger charge is 2.34. The topological polar surface area (TPSA) is 59.3 Å². The van der Waals surface area contributed by atoms with E-state index in [4.69, 9.17) is 5.11 Å². The molecule has 0 saturated heterocycles. The SMILES string of the molecule is Cn1c(C(F)(F)F)cc(=O)c2ccc(SCC(=O)O)cc21. The van der Waals surface area contributed by atoms with Crippen LogP contribution in [0, 0.1) is 0 Å². The van der Waals surface area contributed by atoms with E-state index in [0.29, 0.717) is 11.0 Å². The molecule has 8 heteroatoms. The Kier molecular flexibility index (Phi) is 3.99. The highest BCUT2D eigenvalue weighted by molar-refractivity contribution is 8.00. The lowest BCUT2D eigenvalue weighted by molar-refractivity contribution is -0.143. The summed E-state index contributed by atoms with van der Waals surface area (Å²) in [7, 11) is 1.22. The molecular weight excluding hydrogens is 307 g/mol. The molecule has 2 rings (SSSR count). The molecule has 0 saturated carbocycles. The normalized spacial score (nSPS) is 11.8. The van der Waals surface area contributed by atoms with Gasteiger partial charge in [-0.3, -0.25) is 9.59 Å². The van der Waals surface area contributed by atoms with E-state index in [1.54, 1.807) is 0 Å². The van der Waals surface area contributed by atoms with E-state index >= 15 is 0 Å². The summed E-state index contributed by atoms with van der Waals surface area (Å²) in [6.45, 7) is 0. The molecule has 0 unspecified atom stereocenters. The lowest BCUT2D eigenvalue weighted by atomic mass is 10.2. The lowest BCUT2D eigenvalue weighted by Gasteiger charge is -2.15. The van der Waals surface area contributed by atoms with Gasteiger partial charge in [0, 0.05) is 23.4 Å². The smallest absolute Gasteiger partial charge is 0.431 e. The summed E-state index contributed by atoms with van der Waals surface area (Å²) < 4.78 is 39.5. The zero-order chi connectivity index (χ0) is 15.8. The number of rotatable bonds is 3. The molecule has 0 radical (unpaired) electrons. The molecule has 0 aliphatic rings. The number of aliphatic carboxylic acids is 1. The van der Waals surface area contributed by atoms with Gasteiger partial charge >= 0.3 is 12.1 Å². The number of alkyl halides is 3. The molecular formula is C13H10F3NO3S. The Bertz CT molecular complexity index is 768. The quantitative estimate of drug-likeness (QED) is 0.884. The van der Waals surface area contributed by atoms with Gasteiger partial charge < -0.3 is 9.67 Å². The predicted molar refractivity (Wildman–Crippen MR) is 72.6 cm³/mol. The summed E-state index contributed by atoms with van der Waals surface area (Å²) in [6.07, 6.45) is -4.63. The van der Waals surface area contributed by atoms with Crippen molar-refractivity contribution in [1.29, 1.82) is 0 Å². The Morgan fingerprint density at radius 3 is 2.57 bits per heavy atom. The zero-order valence-corrected chi connectivity index (χ0v) is 11.6. The van der Waals surface area contributed by atoms with E-state index in [2.05, 4.69) is 0 Å². The van der Waals surface area contributed by atoms with E-state index in [-0.39, 0.29) is 16.7 Å². The number of aryl methyl sites for hydroxylation is 1. The van der Waals surface area contributed by atoms with Crippen LogP contribution in [0.1, 0.15) is 5.69 Å². The number of thioether (sulfide) groups is 1. The number of hydrogen-bond donors (Lipinski definition) is 1. The maximum Gasteiger partial charge on any atom is 0.431 e. The van der Waals surface area contributed by atoms with Gasteiger partial charge in [0.15, 0.2) is 5.43 Å². The van der Waals surface area contributed by atoms with E-state index < -0.39 is 23.3 Å². The maximum absolute atomic E-state index is 12.9. The molecule has 0 fully saturated rings. The second-order valence-corrected chi connectivity index (χ2v) is 5.36. The predicted octanol–water partition coefficient (Wildman–Crippen LogP) is 2.73. The van der Waals surface area contributed by atoms with Crippen molar-refractivity contribution >= 4 is 28.6 Å². The van der Waals surface area contributed by atoms with Crippen LogP contribution in [0.3, 0.4) is 0 Å². The van der Waals surface area contributed by atoms with Gasteiger partial charge in [-0.25, -0.2) is 0 Å². The van der Waals surface area contributed by atoms with Crippen LogP contribution in [0.2, 0.25) is 0 Å². The zero-order valence-electron chi connectivity index (χ0n) is 10.8. The van der Waals surface area contributed by atoms with Gasteiger partial charge in [-0.05, 0) is 18.2 Å². The number of carbonyl (C=O) groups is 1. The summed E-state index contributed by atoms with van der Waals surface area (Å²) in [5.74, 6) is -1.24. The van der Waals surface area contributed by atoms with Crippen molar-refractivity contribution in [1.82, 2.24) is 4.57 Å². The number of carboxylic acids is 1. The molecule has 1 aromatic heterocycles. The van der Waals surface area contributed by atoms with Gasteiger partial charge in [0.25, 0.3) is 0 Å². The van der Waals surface area contributed by atoms with Crippen LogP contribution in [-0.4, -0.2) is 21.4 Å². The first-order valence-corrected chi connectivity index (χ1v) is 6.74. The monoisotopic (exact) mass is 317 g/mol. The van der Waals surface area contributed by atoms with Crippen molar-refractivity contribution in [3.05, 3.63) is 40.2 Å². The highest BCUT2D eigenvalue weighted by Crippen LogP contribution is 2.30. The Hall–Kier alpha value is -1.96. The second kappa shape index (κ2) is 5.44. The second-order valence-electron chi connectivity index (χ2n) is 4.31. The molecule has 112 valence electrons. The van der Waals surface area contributed by atoms with Crippen molar-refractivity contribution in [3.63, 3.8) is 0 Å². The number of halogens is 3. The molecule has 0 aliphatic carbocycles. The molecule has 1 N–H and O–H groups in total. The largest absolute Gasteiger partial charge is 0.481 e. The average molecular weight is 317 g/mol. The van der Waals surface area contributed by atoms with Gasteiger partial charge in [0.05, 0.1) is 11.3 Å². The Morgan fingerprint density at radius 1 is 1.33 bits per heavy atom. The summed E-state index contributed by atoms with van der Waals surface area (Å²) in [4.78, 5) is 22.8. The third-order valence-corrected chi connectivity index (χ3v) is 3.86. The van der Waals surface area contributed by atoms with Crippen LogP contribution >= 0.6 is 11.8 Å². The van der Waals surface area contributed by atoms with E-state index in [9.17, 15) is 22.8 Å². The molecule has 0 bridgehead atoms. The van der Waals surface area contributed by atoms with Gasteiger partial charge in [0.2, 0.25) is 0 Å². The standard InChI is InChI=1S/C13H10F3NO3S/c1-17-9-4-7(21-6-12(19)20)2-3-8(9)10(18)5-11(17)13(14,15)16/h2-5H,6H2,1H3,(H,19,20). The Labute approximate surface area is 121 Å². The number of benzene rings is 1. The average Bonchev–Trinajstić information content (AvgIpc) is 2.39. The maximum atomic E-state index is 12.9. The fourth-order valence-electron chi connectivity index (χ4n) is 1.93. The minimum atomic E-state index is -4.63. The van der Waals surface area contributed by atoms with Crippen molar-refractivity contribution in [3.8, 4) is 0 Å². The first-order valence-electron chi connectivity index (χ1n) is 5.75. The van der Waals surface area contributed by atoms with Crippen LogP contribution in [-0.2, 0) is 18.0 Å². The minimum absolute atomic E-state index is 0.116. The molecule has 4 nitrogen and oxygen atoms in total. The van der Waals surface area contributed by atoms with Gasteiger partial charge in [-0.2, -0.15) is 13.2 Å². The molecule has 2 aromatic rings. The number of pyridine rings is 1. The first kappa shape index (κ1) is 15.4.